The van der Waals surface area contributed by atoms with Crippen molar-refractivity contribution in [2.45, 2.75) is 13.5 Å². The number of nitrogens with zero attached hydrogens (tertiary/aromatic N) is 3. The zero-order valence-corrected chi connectivity index (χ0v) is 15.7. The van der Waals surface area contributed by atoms with Gasteiger partial charge in [-0.15, -0.1) is 11.3 Å². The van der Waals surface area contributed by atoms with Crippen molar-refractivity contribution in [3.05, 3.63) is 70.2 Å². The lowest BCUT2D eigenvalue weighted by Gasteiger charge is -2.32. The van der Waals surface area contributed by atoms with Crippen molar-refractivity contribution in [2.24, 2.45) is 0 Å². The van der Waals surface area contributed by atoms with Crippen molar-refractivity contribution < 1.29 is 9.69 Å². The van der Waals surface area contributed by atoms with Gasteiger partial charge in [-0.3, -0.25) is 4.79 Å². The number of rotatable bonds is 4. The number of aryl methyl sites for hydroxylation is 1. The van der Waals surface area contributed by atoms with Gasteiger partial charge in [-0.05, 0) is 48.7 Å². The van der Waals surface area contributed by atoms with E-state index in [1.165, 1.54) is 4.88 Å². The van der Waals surface area contributed by atoms with Crippen LogP contribution in [-0.2, 0) is 6.54 Å². The highest BCUT2D eigenvalue weighted by molar-refractivity contribution is 7.09. The molecule has 0 bridgehead atoms. The van der Waals surface area contributed by atoms with Gasteiger partial charge < -0.3 is 9.80 Å². The highest BCUT2D eigenvalue weighted by atomic mass is 32.1. The van der Waals surface area contributed by atoms with Crippen LogP contribution in [0.15, 0.2) is 54.0 Å². The van der Waals surface area contributed by atoms with E-state index in [-0.39, 0.29) is 5.91 Å². The van der Waals surface area contributed by atoms with E-state index < -0.39 is 0 Å². The molecule has 3 aromatic rings. The van der Waals surface area contributed by atoms with Crippen LogP contribution in [0.4, 0.5) is 0 Å². The summed E-state index contributed by atoms with van der Waals surface area (Å²) in [7, 11) is 0. The van der Waals surface area contributed by atoms with E-state index in [0.29, 0.717) is 0 Å². The van der Waals surface area contributed by atoms with Gasteiger partial charge in [0.2, 0.25) is 0 Å². The first-order valence-corrected chi connectivity index (χ1v) is 9.85. The molecule has 1 saturated heterocycles. The average molecular weight is 367 g/mol. The zero-order valence-electron chi connectivity index (χ0n) is 14.9. The van der Waals surface area contributed by atoms with Crippen LogP contribution in [0.25, 0.3) is 5.69 Å². The van der Waals surface area contributed by atoms with E-state index in [1.807, 2.05) is 58.2 Å². The summed E-state index contributed by atoms with van der Waals surface area (Å²) in [5.74, 6) is 0.129. The Labute approximate surface area is 157 Å². The van der Waals surface area contributed by atoms with Gasteiger partial charge in [-0.2, -0.15) is 5.10 Å². The number of aromatic nitrogens is 2. The second-order valence-electron chi connectivity index (χ2n) is 6.73. The van der Waals surface area contributed by atoms with Crippen LogP contribution in [0.2, 0.25) is 0 Å². The smallest absolute Gasteiger partial charge is 0.254 e. The molecule has 4 rings (SSSR count). The first-order valence-electron chi connectivity index (χ1n) is 8.97. The number of thiophene rings is 1. The van der Waals surface area contributed by atoms with Gasteiger partial charge in [-0.1, -0.05) is 6.07 Å². The van der Waals surface area contributed by atoms with Gasteiger partial charge in [0.15, 0.2) is 0 Å². The van der Waals surface area contributed by atoms with Crippen LogP contribution < -0.4 is 4.90 Å². The van der Waals surface area contributed by atoms with E-state index >= 15 is 0 Å². The summed E-state index contributed by atoms with van der Waals surface area (Å²) >= 11 is 1.81. The quantitative estimate of drug-likeness (QED) is 0.764. The lowest BCUT2D eigenvalue weighted by atomic mass is 10.1. The summed E-state index contributed by atoms with van der Waals surface area (Å²) in [5.41, 5.74) is 2.81. The van der Waals surface area contributed by atoms with Crippen LogP contribution in [0, 0.1) is 6.92 Å². The number of carbonyl (C=O) groups is 1. The Kier molecular flexibility index (Phi) is 4.86. The highest BCUT2D eigenvalue weighted by Gasteiger charge is 2.24. The molecule has 0 saturated carbocycles. The van der Waals surface area contributed by atoms with Gasteiger partial charge in [-0.25, -0.2) is 4.68 Å². The normalized spacial score (nSPS) is 15.3. The van der Waals surface area contributed by atoms with E-state index in [4.69, 9.17) is 0 Å². The molecule has 26 heavy (non-hydrogen) atoms. The second-order valence-corrected chi connectivity index (χ2v) is 7.76. The standard InChI is InChI=1S/C20H22N4OS/c1-16-8-9-21-24(16)18-6-4-17(5-7-18)20(25)23-12-10-22(11-13-23)15-19-3-2-14-26-19/h2-9,14H,10-13,15H2,1H3/p+1. The molecule has 134 valence electrons. The molecule has 1 N–H and O–H groups in total. The number of piperazine rings is 1. The van der Waals surface area contributed by atoms with E-state index in [9.17, 15) is 4.79 Å². The van der Waals surface area contributed by atoms with Gasteiger partial charge in [0.05, 0.1) is 36.7 Å². The minimum absolute atomic E-state index is 0.129. The van der Waals surface area contributed by atoms with Gasteiger partial charge >= 0.3 is 0 Å². The molecule has 0 atom stereocenters. The molecular formula is C20H23N4OS+. The van der Waals surface area contributed by atoms with Crippen molar-refractivity contribution >= 4 is 17.2 Å². The summed E-state index contributed by atoms with van der Waals surface area (Å²) in [6, 6.07) is 14.0. The fourth-order valence-electron chi connectivity index (χ4n) is 3.43. The van der Waals surface area contributed by atoms with Gasteiger partial charge in [0.25, 0.3) is 5.91 Å². The van der Waals surface area contributed by atoms with E-state index in [1.54, 1.807) is 11.1 Å². The summed E-state index contributed by atoms with van der Waals surface area (Å²) < 4.78 is 1.88. The summed E-state index contributed by atoms with van der Waals surface area (Å²) in [6.07, 6.45) is 1.78. The minimum Gasteiger partial charge on any atom is -0.328 e. The number of benzene rings is 1. The van der Waals surface area contributed by atoms with Crippen LogP contribution >= 0.6 is 11.3 Å². The summed E-state index contributed by atoms with van der Waals surface area (Å²) in [5, 5.41) is 6.44. The zero-order chi connectivity index (χ0) is 17.9. The first-order chi connectivity index (χ1) is 12.7. The molecule has 0 unspecified atom stereocenters. The van der Waals surface area contributed by atoms with E-state index in [2.05, 4.69) is 22.6 Å². The third kappa shape index (κ3) is 3.57. The molecule has 0 radical (unpaired) electrons. The molecule has 0 aliphatic carbocycles. The molecule has 1 aromatic carbocycles. The first kappa shape index (κ1) is 17.0. The van der Waals surface area contributed by atoms with Gasteiger partial charge in [0, 0.05) is 17.5 Å². The monoisotopic (exact) mass is 367 g/mol. The third-order valence-electron chi connectivity index (χ3n) is 4.95. The Balaban J connectivity index is 1.37. The van der Waals surface area contributed by atoms with Crippen LogP contribution in [0.1, 0.15) is 20.9 Å². The Morgan fingerprint density at radius 1 is 1.15 bits per heavy atom. The number of hydrogen-bond donors (Lipinski definition) is 1. The van der Waals surface area contributed by atoms with Gasteiger partial charge in [0.1, 0.15) is 6.54 Å². The molecule has 1 amide bonds. The third-order valence-corrected chi connectivity index (χ3v) is 5.83. The minimum atomic E-state index is 0.129. The van der Waals surface area contributed by atoms with Crippen molar-refractivity contribution in [2.75, 3.05) is 26.2 Å². The topological polar surface area (TPSA) is 42.6 Å². The Morgan fingerprint density at radius 3 is 2.54 bits per heavy atom. The SMILES string of the molecule is Cc1ccnn1-c1ccc(C(=O)N2CC[NH+](Cc3cccs3)CC2)cc1. The Hall–Kier alpha value is -2.44. The lowest BCUT2D eigenvalue weighted by molar-refractivity contribution is -0.917. The van der Waals surface area contributed by atoms with Crippen LogP contribution in [0.3, 0.4) is 0 Å². The predicted octanol–water partition coefficient (Wildman–Crippen LogP) is 1.78. The molecule has 3 heterocycles. The maximum Gasteiger partial charge on any atom is 0.254 e. The largest absolute Gasteiger partial charge is 0.328 e. The number of nitrogens with one attached hydrogen (secondary N) is 1. The maximum atomic E-state index is 12.8. The summed E-state index contributed by atoms with van der Waals surface area (Å²) in [4.78, 5) is 17.7. The Bertz CT molecular complexity index is 862. The molecule has 1 aliphatic heterocycles. The number of amides is 1. The molecule has 1 fully saturated rings. The number of carbonyl (C=O) groups excluding carboxylic acids is 1. The molecule has 2 aromatic heterocycles. The van der Waals surface area contributed by atoms with Crippen LogP contribution in [-0.4, -0.2) is 46.8 Å². The van der Waals surface area contributed by atoms with Crippen molar-refractivity contribution in [3.8, 4) is 5.69 Å². The fraction of sp³-hybridized carbons (Fsp3) is 0.300. The maximum absolute atomic E-state index is 12.8. The molecule has 6 heteroatoms. The van der Waals surface area contributed by atoms with E-state index in [0.717, 1.165) is 49.7 Å². The fourth-order valence-corrected chi connectivity index (χ4v) is 4.21. The number of hydrogen-bond acceptors (Lipinski definition) is 3. The predicted molar refractivity (Wildman–Crippen MR) is 103 cm³/mol. The summed E-state index contributed by atoms with van der Waals surface area (Å²) in [6.45, 7) is 6.74. The number of quaternary nitrogens is 1. The average Bonchev–Trinajstić information content (AvgIpc) is 3.34. The second kappa shape index (κ2) is 7.43. The van der Waals surface area contributed by atoms with Crippen molar-refractivity contribution in [1.82, 2.24) is 14.7 Å². The molecule has 1 aliphatic rings. The van der Waals surface area contributed by atoms with Crippen molar-refractivity contribution in [3.63, 3.8) is 0 Å². The molecule has 5 nitrogen and oxygen atoms in total. The highest BCUT2D eigenvalue weighted by Crippen LogP contribution is 2.13. The molecule has 0 spiro atoms. The lowest BCUT2D eigenvalue weighted by Crippen LogP contribution is -3.13. The molecular weight excluding hydrogens is 344 g/mol. The van der Waals surface area contributed by atoms with Crippen molar-refractivity contribution in [1.29, 1.82) is 0 Å². The van der Waals surface area contributed by atoms with Crippen LogP contribution in [0.5, 0.6) is 0 Å². The Morgan fingerprint density at radius 2 is 1.92 bits per heavy atom.